The van der Waals surface area contributed by atoms with E-state index >= 15 is 0 Å². The highest BCUT2D eigenvalue weighted by Crippen LogP contribution is 2.33. The number of nitrogens with zero attached hydrogens (tertiary/aromatic N) is 4. The standard InChI is InChI=1S/C20H17FN4S/c1-25(10-8-21)19-7-5-15(13-23-19)17-6-4-14-11-18(26-20(14)24-17)16-3-2-9-22-12-16/h2-7,9,11-13H,8,10H2,1H3. The molecule has 0 saturated heterocycles. The van der Waals surface area contributed by atoms with E-state index in [2.05, 4.69) is 28.2 Å². The second-order valence-electron chi connectivity index (χ2n) is 5.96. The Morgan fingerprint density at radius 3 is 2.73 bits per heavy atom. The van der Waals surface area contributed by atoms with Crippen LogP contribution in [0.4, 0.5) is 10.2 Å². The molecule has 4 heterocycles. The van der Waals surface area contributed by atoms with Gasteiger partial charge >= 0.3 is 0 Å². The predicted molar refractivity (Wildman–Crippen MR) is 105 cm³/mol. The maximum Gasteiger partial charge on any atom is 0.128 e. The van der Waals surface area contributed by atoms with E-state index in [1.165, 1.54) is 0 Å². The molecule has 0 aromatic carbocycles. The van der Waals surface area contributed by atoms with Crippen molar-refractivity contribution in [3.63, 3.8) is 0 Å². The fraction of sp³-hybridized carbons (Fsp3) is 0.150. The zero-order valence-corrected chi connectivity index (χ0v) is 15.1. The van der Waals surface area contributed by atoms with Crippen LogP contribution in [0.5, 0.6) is 0 Å². The van der Waals surface area contributed by atoms with E-state index in [0.29, 0.717) is 6.54 Å². The third kappa shape index (κ3) is 3.28. The van der Waals surface area contributed by atoms with E-state index in [4.69, 9.17) is 4.98 Å². The average Bonchev–Trinajstić information content (AvgIpc) is 3.12. The largest absolute Gasteiger partial charge is 0.357 e. The smallest absolute Gasteiger partial charge is 0.128 e. The first kappa shape index (κ1) is 16.6. The van der Waals surface area contributed by atoms with E-state index in [1.54, 1.807) is 28.6 Å². The molecule has 0 radical (unpaired) electrons. The van der Waals surface area contributed by atoms with Gasteiger partial charge in [-0.1, -0.05) is 6.07 Å². The number of hydrogen-bond acceptors (Lipinski definition) is 5. The number of fused-ring (bicyclic) bond motifs is 1. The lowest BCUT2D eigenvalue weighted by atomic mass is 10.1. The van der Waals surface area contributed by atoms with Crippen LogP contribution in [0.3, 0.4) is 0 Å². The fourth-order valence-electron chi connectivity index (χ4n) is 2.73. The maximum atomic E-state index is 12.5. The molecular formula is C20H17FN4S. The van der Waals surface area contributed by atoms with Gasteiger partial charge in [0.1, 0.15) is 17.3 Å². The summed E-state index contributed by atoms with van der Waals surface area (Å²) >= 11 is 1.65. The quantitative estimate of drug-likeness (QED) is 0.509. The fourth-order valence-corrected chi connectivity index (χ4v) is 3.76. The first-order valence-corrected chi connectivity index (χ1v) is 9.11. The van der Waals surface area contributed by atoms with Gasteiger partial charge in [0.05, 0.1) is 5.69 Å². The molecule has 0 unspecified atom stereocenters. The Balaban J connectivity index is 1.65. The summed E-state index contributed by atoms with van der Waals surface area (Å²) in [5, 5.41) is 1.12. The molecule has 0 spiro atoms. The van der Waals surface area contributed by atoms with Crippen LogP contribution in [0, 0.1) is 0 Å². The normalized spacial score (nSPS) is 11.0. The molecule has 4 aromatic rings. The minimum Gasteiger partial charge on any atom is -0.357 e. The summed E-state index contributed by atoms with van der Waals surface area (Å²) in [6.45, 7) is -0.0569. The van der Waals surface area contributed by atoms with Crippen molar-refractivity contribution in [2.24, 2.45) is 0 Å². The summed E-state index contributed by atoms with van der Waals surface area (Å²) in [4.78, 5) is 17.3. The minimum atomic E-state index is -0.393. The third-order valence-corrected chi connectivity index (χ3v) is 5.28. The van der Waals surface area contributed by atoms with Crippen LogP contribution < -0.4 is 4.90 Å². The third-order valence-electron chi connectivity index (χ3n) is 4.18. The van der Waals surface area contributed by atoms with Crippen LogP contribution in [-0.4, -0.2) is 35.2 Å². The van der Waals surface area contributed by atoms with Gasteiger partial charge in [0, 0.05) is 53.6 Å². The molecule has 26 heavy (non-hydrogen) atoms. The van der Waals surface area contributed by atoms with Crippen LogP contribution in [0.1, 0.15) is 0 Å². The molecule has 0 aliphatic heterocycles. The number of rotatable bonds is 5. The van der Waals surface area contributed by atoms with Crippen molar-refractivity contribution in [1.29, 1.82) is 0 Å². The maximum absolute atomic E-state index is 12.5. The monoisotopic (exact) mass is 364 g/mol. The molecule has 0 aliphatic rings. The van der Waals surface area contributed by atoms with Gasteiger partial charge in [-0.3, -0.25) is 4.98 Å². The van der Waals surface area contributed by atoms with Gasteiger partial charge in [-0.15, -0.1) is 11.3 Å². The number of thiophene rings is 1. The second kappa shape index (κ2) is 7.17. The van der Waals surface area contributed by atoms with Crippen molar-refractivity contribution >= 4 is 27.4 Å². The van der Waals surface area contributed by atoms with E-state index in [9.17, 15) is 4.39 Å². The van der Waals surface area contributed by atoms with Crippen molar-refractivity contribution < 1.29 is 4.39 Å². The van der Waals surface area contributed by atoms with Crippen LogP contribution in [0.25, 0.3) is 31.9 Å². The summed E-state index contributed by atoms with van der Waals surface area (Å²) in [5.74, 6) is 0.752. The first-order chi connectivity index (χ1) is 12.7. The lowest BCUT2D eigenvalue weighted by molar-refractivity contribution is 0.496. The van der Waals surface area contributed by atoms with Crippen LogP contribution in [-0.2, 0) is 0 Å². The zero-order chi connectivity index (χ0) is 17.9. The number of hydrogen-bond donors (Lipinski definition) is 0. The Morgan fingerprint density at radius 1 is 1.08 bits per heavy atom. The molecule has 0 bridgehead atoms. The summed E-state index contributed by atoms with van der Waals surface area (Å²) in [5.41, 5.74) is 2.92. The molecule has 4 nitrogen and oxygen atoms in total. The van der Waals surface area contributed by atoms with Crippen molar-refractivity contribution in [3.05, 3.63) is 61.1 Å². The summed E-state index contributed by atoms with van der Waals surface area (Å²) < 4.78 is 12.5. The predicted octanol–water partition coefficient (Wildman–Crippen LogP) is 4.83. The van der Waals surface area contributed by atoms with Crippen molar-refractivity contribution in [2.75, 3.05) is 25.2 Å². The van der Waals surface area contributed by atoms with Gasteiger partial charge < -0.3 is 4.90 Å². The SMILES string of the molecule is CN(CCF)c1ccc(-c2ccc3cc(-c4cccnc4)sc3n2)cn1. The molecule has 6 heteroatoms. The van der Waals surface area contributed by atoms with Crippen LogP contribution >= 0.6 is 11.3 Å². The van der Waals surface area contributed by atoms with Crippen LogP contribution in [0.15, 0.2) is 61.1 Å². The molecule has 0 saturated carbocycles. The van der Waals surface area contributed by atoms with Crippen molar-refractivity contribution in [3.8, 4) is 21.7 Å². The van der Waals surface area contributed by atoms with E-state index in [1.807, 2.05) is 37.5 Å². The highest BCUT2D eigenvalue weighted by atomic mass is 32.1. The van der Waals surface area contributed by atoms with E-state index < -0.39 is 6.67 Å². The van der Waals surface area contributed by atoms with Gasteiger partial charge in [0.25, 0.3) is 0 Å². The zero-order valence-electron chi connectivity index (χ0n) is 14.3. The van der Waals surface area contributed by atoms with E-state index in [0.717, 1.165) is 37.7 Å². The van der Waals surface area contributed by atoms with Gasteiger partial charge in [-0.2, -0.15) is 0 Å². The van der Waals surface area contributed by atoms with E-state index in [-0.39, 0.29) is 0 Å². The second-order valence-corrected chi connectivity index (χ2v) is 6.99. The Hall–Kier alpha value is -2.86. The van der Waals surface area contributed by atoms with Gasteiger partial charge in [-0.25, -0.2) is 14.4 Å². The molecular weight excluding hydrogens is 347 g/mol. The molecule has 4 rings (SSSR count). The number of alkyl halides is 1. The minimum absolute atomic E-state index is 0.336. The van der Waals surface area contributed by atoms with Crippen molar-refractivity contribution in [1.82, 2.24) is 15.0 Å². The topological polar surface area (TPSA) is 41.9 Å². The van der Waals surface area contributed by atoms with Crippen molar-refractivity contribution in [2.45, 2.75) is 0 Å². The highest BCUT2D eigenvalue weighted by Gasteiger charge is 2.09. The average molecular weight is 364 g/mol. The first-order valence-electron chi connectivity index (χ1n) is 8.29. The Labute approximate surface area is 155 Å². The number of aromatic nitrogens is 3. The van der Waals surface area contributed by atoms with Crippen LogP contribution in [0.2, 0.25) is 0 Å². The molecule has 0 aliphatic carbocycles. The lowest BCUT2D eigenvalue weighted by Gasteiger charge is -2.16. The Morgan fingerprint density at radius 2 is 2.00 bits per heavy atom. The summed E-state index contributed by atoms with van der Waals surface area (Å²) in [7, 11) is 1.83. The molecule has 0 fully saturated rings. The highest BCUT2D eigenvalue weighted by molar-refractivity contribution is 7.21. The Bertz CT molecular complexity index is 1020. The molecule has 0 N–H and O–H groups in total. The number of anilines is 1. The summed E-state index contributed by atoms with van der Waals surface area (Å²) in [6.07, 6.45) is 5.42. The Kier molecular flexibility index (Phi) is 4.58. The number of halogens is 1. The molecule has 130 valence electrons. The molecule has 4 aromatic heterocycles. The molecule has 0 amide bonds. The van der Waals surface area contributed by atoms with Gasteiger partial charge in [0.2, 0.25) is 0 Å². The summed E-state index contributed by atoms with van der Waals surface area (Å²) in [6, 6.07) is 14.1. The van der Waals surface area contributed by atoms with Gasteiger partial charge in [-0.05, 0) is 36.4 Å². The number of pyridine rings is 3. The lowest BCUT2D eigenvalue weighted by Crippen LogP contribution is -2.20. The molecule has 0 atom stereocenters. The van der Waals surface area contributed by atoms with Gasteiger partial charge in [0.15, 0.2) is 0 Å².